The van der Waals surface area contributed by atoms with Gasteiger partial charge in [0, 0.05) is 0 Å². The Balaban J connectivity index is 2.10. The zero-order valence-electron chi connectivity index (χ0n) is 12.1. The first-order valence-electron chi connectivity index (χ1n) is 6.85. The minimum atomic E-state index is -3.65. The molecular formula is C12H15F2N5O4. The molecule has 4 N–H and O–H groups in total. The van der Waals surface area contributed by atoms with Crippen LogP contribution in [0.4, 0.5) is 14.7 Å². The van der Waals surface area contributed by atoms with E-state index in [1.807, 2.05) is 0 Å². The number of ether oxygens (including phenoxy) is 2. The van der Waals surface area contributed by atoms with E-state index < -0.39 is 31.0 Å². The average molecular weight is 331 g/mol. The van der Waals surface area contributed by atoms with Crippen LogP contribution in [0.2, 0.25) is 0 Å². The van der Waals surface area contributed by atoms with Crippen LogP contribution in [0.15, 0.2) is 6.33 Å². The molecule has 3 rings (SSSR count). The van der Waals surface area contributed by atoms with E-state index in [1.54, 1.807) is 6.92 Å². The monoisotopic (exact) mass is 331 g/mol. The Morgan fingerprint density at radius 1 is 1.48 bits per heavy atom. The minimum absolute atomic E-state index is 0.0172. The Morgan fingerprint density at radius 3 is 2.83 bits per heavy atom. The number of fused-ring (bicyclic) bond motifs is 1. The van der Waals surface area contributed by atoms with Gasteiger partial charge in [-0.2, -0.15) is 18.7 Å². The number of aromatic nitrogens is 4. The van der Waals surface area contributed by atoms with Crippen LogP contribution in [0.5, 0.6) is 5.88 Å². The molecule has 2 aromatic rings. The molecule has 0 unspecified atom stereocenters. The van der Waals surface area contributed by atoms with Gasteiger partial charge >= 0.3 is 5.92 Å². The van der Waals surface area contributed by atoms with Crippen molar-refractivity contribution in [2.24, 2.45) is 0 Å². The number of hydrogen-bond acceptors (Lipinski definition) is 8. The summed E-state index contributed by atoms with van der Waals surface area (Å²) in [5.74, 6) is -3.76. The van der Waals surface area contributed by atoms with E-state index in [0.29, 0.717) is 0 Å². The van der Waals surface area contributed by atoms with Gasteiger partial charge < -0.3 is 25.4 Å². The normalized spacial score (nSPS) is 26.7. The Bertz CT molecular complexity index is 725. The van der Waals surface area contributed by atoms with Gasteiger partial charge in [0.05, 0.1) is 19.5 Å². The van der Waals surface area contributed by atoms with Gasteiger partial charge in [-0.3, -0.25) is 4.57 Å². The molecule has 3 heterocycles. The number of nitrogen functional groups attached to an aromatic ring is 1. The predicted molar refractivity (Wildman–Crippen MR) is 72.9 cm³/mol. The first-order valence-corrected chi connectivity index (χ1v) is 6.85. The van der Waals surface area contributed by atoms with Crippen molar-refractivity contribution < 1.29 is 28.5 Å². The molecule has 0 aliphatic carbocycles. The second-order valence-corrected chi connectivity index (χ2v) is 4.97. The second-order valence-electron chi connectivity index (χ2n) is 4.97. The molecule has 1 aliphatic heterocycles. The van der Waals surface area contributed by atoms with Crippen molar-refractivity contribution in [1.29, 1.82) is 0 Å². The average Bonchev–Trinajstić information content (AvgIpc) is 3.00. The number of alkyl halides is 2. The van der Waals surface area contributed by atoms with Crippen LogP contribution in [0.1, 0.15) is 13.2 Å². The molecule has 0 bridgehead atoms. The number of rotatable bonds is 4. The van der Waals surface area contributed by atoms with E-state index in [1.165, 1.54) is 0 Å². The topological polar surface area (TPSA) is 129 Å². The maximum atomic E-state index is 14.2. The molecule has 0 aromatic carbocycles. The highest BCUT2D eigenvalue weighted by Gasteiger charge is 2.59. The number of nitrogens with two attached hydrogens (primary N) is 1. The minimum Gasteiger partial charge on any atom is -0.476 e. The van der Waals surface area contributed by atoms with Crippen LogP contribution in [0.25, 0.3) is 11.2 Å². The number of aliphatic hydroxyl groups is 2. The zero-order valence-corrected chi connectivity index (χ0v) is 12.1. The van der Waals surface area contributed by atoms with Gasteiger partial charge in [-0.05, 0) is 6.92 Å². The Morgan fingerprint density at radius 2 is 2.22 bits per heavy atom. The molecule has 0 spiro atoms. The smallest absolute Gasteiger partial charge is 0.320 e. The maximum Gasteiger partial charge on any atom is 0.320 e. The van der Waals surface area contributed by atoms with Crippen molar-refractivity contribution in [2.45, 2.75) is 31.3 Å². The SMILES string of the molecule is CCOc1nc(N)nc2c1ncn2[C@@H]1O[C@H](CO)[C@@H](O)C1(F)F. The third kappa shape index (κ3) is 2.36. The van der Waals surface area contributed by atoms with Gasteiger partial charge in [-0.1, -0.05) is 0 Å². The molecular weight excluding hydrogens is 316 g/mol. The predicted octanol–water partition coefficient (Wildman–Crippen LogP) is -0.307. The molecule has 1 saturated heterocycles. The lowest BCUT2D eigenvalue weighted by atomic mass is 10.1. The highest BCUT2D eigenvalue weighted by atomic mass is 19.3. The Kier molecular flexibility index (Phi) is 3.78. The number of imidazole rings is 1. The summed E-state index contributed by atoms with van der Waals surface area (Å²) >= 11 is 0. The summed E-state index contributed by atoms with van der Waals surface area (Å²) in [6, 6.07) is 0. The first kappa shape index (κ1) is 15.8. The summed E-state index contributed by atoms with van der Waals surface area (Å²) in [7, 11) is 0. The van der Waals surface area contributed by atoms with Crippen LogP contribution < -0.4 is 10.5 Å². The summed E-state index contributed by atoms with van der Waals surface area (Å²) in [5.41, 5.74) is 5.69. The molecule has 3 atom stereocenters. The van der Waals surface area contributed by atoms with Gasteiger partial charge in [0.1, 0.15) is 6.10 Å². The van der Waals surface area contributed by atoms with Crippen LogP contribution in [0, 0.1) is 0 Å². The van der Waals surface area contributed by atoms with Crippen molar-refractivity contribution in [1.82, 2.24) is 19.5 Å². The van der Waals surface area contributed by atoms with Crippen LogP contribution in [-0.4, -0.2) is 61.1 Å². The van der Waals surface area contributed by atoms with E-state index >= 15 is 0 Å². The third-order valence-corrected chi connectivity index (χ3v) is 3.50. The molecule has 0 radical (unpaired) electrons. The van der Waals surface area contributed by atoms with E-state index in [2.05, 4.69) is 15.0 Å². The van der Waals surface area contributed by atoms with Crippen LogP contribution >= 0.6 is 0 Å². The fourth-order valence-electron chi connectivity index (χ4n) is 2.43. The molecule has 126 valence electrons. The number of halogens is 2. The van der Waals surface area contributed by atoms with Crippen LogP contribution in [0.3, 0.4) is 0 Å². The van der Waals surface area contributed by atoms with Crippen molar-refractivity contribution >= 4 is 17.1 Å². The molecule has 2 aromatic heterocycles. The maximum absolute atomic E-state index is 14.2. The summed E-state index contributed by atoms with van der Waals surface area (Å²) in [6.45, 7) is 1.25. The lowest BCUT2D eigenvalue weighted by Gasteiger charge is -2.20. The zero-order chi connectivity index (χ0) is 16.8. The van der Waals surface area contributed by atoms with Crippen molar-refractivity contribution in [3.8, 4) is 5.88 Å². The Labute approximate surface area is 128 Å². The standard InChI is InChI=1S/C12H15F2N5O4/c1-2-22-9-6-8(17-11(15)18-9)19(4-16-6)10-12(13,14)7(21)5(3-20)23-10/h4-5,7,10,20-21H,2-3H2,1H3,(H2,15,17,18)/t5-,7-,10-/m1/s1. The molecule has 9 nitrogen and oxygen atoms in total. The van der Waals surface area contributed by atoms with E-state index in [-0.39, 0.29) is 29.6 Å². The van der Waals surface area contributed by atoms with Gasteiger partial charge in [0.15, 0.2) is 17.3 Å². The quantitative estimate of drug-likeness (QED) is 0.696. The number of nitrogens with zero attached hydrogens (tertiary/aromatic N) is 4. The molecule has 23 heavy (non-hydrogen) atoms. The summed E-state index contributed by atoms with van der Waals surface area (Å²) < 4.78 is 39.7. The summed E-state index contributed by atoms with van der Waals surface area (Å²) in [4.78, 5) is 11.7. The van der Waals surface area contributed by atoms with Gasteiger partial charge in [0.2, 0.25) is 18.1 Å². The molecule has 11 heteroatoms. The highest BCUT2D eigenvalue weighted by molar-refractivity contribution is 5.77. The lowest BCUT2D eigenvalue weighted by molar-refractivity contribution is -0.138. The second kappa shape index (κ2) is 5.51. The Hall–Kier alpha value is -2.11. The number of aliphatic hydroxyl groups excluding tert-OH is 2. The first-order chi connectivity index (χ1) is 10.9. The number of anilines is 1. The molecule has 1 fully saturated rings. The van der Waals surface area contributed by atoms with E-state index in [9.17, 15) is 13.9 Å². The van der Waals surface area contributed by atoms with Gasteiger partial charge in [-0.15, -0.1) is 0 Å². The largest absolute Gasteiger partial charge is 0.476 e. The molecule has 0 amide bonds. The fraction of sp³-hybridized carbons (Fsp3) is 0.583. The lowest BCUT2D eigenvalue weighted by Crippen LogP contribution is -2.39. The van der Waals surface area contributed by atoms with E-state index in [0.717, 1.165) is 10.9 Å². The van der Waals surface area contributed by atoms with Crippen molar-refractivity contribution in [2.75, 3.05) is 18.9 Å². The molecule has 0 saturated carbocycles. The molecule has 1 aliphatic rings. The summed E-state index contributed by atoms with van der Waals surface area (Å²) in [5, 5.41) is 18.6. The third-order valence-electron chi connectivity index (χ3n) is 3.50. The fourth-order valence-corrected chi connectivity index (χ4v) is 2.43. The van der Waals surface area contributed by atoms with Gasteiger partial charge in [-0.25, -0.2) is 4.98 Å². The van der Waals surface area contributed by atoms with Crippen molar-refractivity contribution in [3.05, 3.63) is 6.33 Å². The highest BCUT2D eigenvalue weighted by Crippen LogP contribution is 2.43. The van der Waals surface area contributed by atoms with Crippen molar-refractivity contribution in [3.63, 3.8) is 0 Å². The van der Waals surface area contributed by atoms with Crippen LogP contribution in [-0.2, 0) is 4.74 Å². The number of hydrogen-bond donors (Lipinski definition) is 3. The van der Waals surface area contributed by atoms with E-state index in [4.69, 9.17) is 20.3 Å². The summed E-state index contributed by atoms with van der Waals surface area (Å²) in [6.07, 6.45) is -4.38. The van der Waals surface area contributed by atoms with Gasteiger partial charge in [0.25, 0.3) is 0 Å².